The quantitative estimate of drug-likeness (QED) is 0.682. The van der Waals surface area contributed by atoms with E-state index in [4.69, 9.17) is 5.73 Å². The molecule has 0 spiro atoms. The molecule has 0 fully saturated rings. The number of carbonyl (C=O) groups excluding carboxylic acids is 1. The number of imidazole rings is 1. The second kappa shape index (κ2) is 3.32. The van der Waals surface area contributed by atoms with E-state index in [2.05, 4.69) is 9.72 Å². The molecule has 0 aliphatic rings. The van der Waals surface area contributed by atoms with Gasteiger partial charge < -0.3 is 15.0 Å². The molecule has 0 aliphatic heterocycles. The van der Waals surface area contributed by atoms with E-state index in [9.17, 15) is 4.79 Å². The maximum Gasteiger partial charge on any atom is 0.360 e. The van der Waals surface area contributed by atoms with E-state index in [0.29, 0.717) is 5.82 Å². The predicted octanol–water partition coefficient (Wildman–Crippen LogP) is 1.01. The van der Waals surface area contributed by atoms with Crippen LogP contribution in [-0.2, 0) is 10.3 Å². The molecule has 1 aromatic heterocycles. The van der Waals surface area contributed by atoms with Gasteiger partial charge in [-0.1, -0.05) is 0 Å². The number of hydrogen-bond acceptors (Lipinski definition) is 4. The van der Waals surface area contributed by atoms with Gasteiger partial charge in [0.1, 0.15) is 5.82 Å². The Kier molecular flexibility index (Phi) is 2.51. The average Bonchev–Trinajstić information content (AvgIpc) is 2.45. The molecule has 0 unspecified atom stereocenters. The topological polar surface area (TPSA) is 70.1 Å². The molecule has 0 radical (unpaired) electrons. The van der Waals surface area contributed by atoms with E-state index in [-0.39, 0.29) is 11.2 Å². The van der Waals surface area contributed by atoms with Crippen molar-refractivity contribution < 1.29 is 9.53 Å². The number of esters is 1. The predicted molar refractivity (Wildman–Crippen MR) is 53.0 cm³/mol. The lowest BCUT2D eigenvalue weighted by Crippen LogP contribution is -2.23. The molecular weight excluding hydrogens is 182 g/mol. The molecule has 0 bridgehead atoms. The number of carbonyl (C=O) groups is 1. The van der Waals surface area contributed by atoms with Gasteiger partial charge in [0.05, 0.1) is 13.4 Å². The summed E-state index contributed by atoms with van der Waals surface area (Å²) in [4.78, 5) is 15.1. The van der Waals surface area contributed by atoms with Gasteiger partial charge >= 0.3 is 5.97 Å². The third kappa shape index (κ3) is 1.71. The van der Waals surface area contributed by atoms with Crippen molar-refractivity contribution in [1.29, 1.82) is 0 Å². The van der Waals surface area contributed by atoms with Gasteiger partial charge in [0, 0.05) is 5.54 Å². The van der Waals surface area contributed by atoms with Crippen LogP contribution in [0.2, 0.25) is 0 Å². The monoisotopic (exact) mass is 197 g/mol. The van der Waals surface area contributed by atoms with E-state index in [1.54, 1.807) is 10.9 Å². The number of aromatic nitrogens is 2. The number of nitrogen functional groups attached to an aromatic ring is 1. The van der Waals surface area contributed by atoms with Gasteiger partial charge in [-0.2, -0.15) is 0 Å². The van der Waals surface area contributed by atoms with Crippen molar-refractivity contribution in [2.24, 2.45) is 0 Å². The van der Waals surface area contributed by atoms with Gasteiger partial charge in [-0.15, -0.1) is 0 Å². The Bertz CT molecular complexity index is 349. The summed E-state index contributed by atoms with van der Waals surface area (Å²) >= 11 is 0. The highest BCUT2D eigenvalue weighted by atomic mass is 16.5. The third-order valence-electron chi connectivity index (χ3n) is 1.91. The molecule has 0 atom stereocenters. The summed E-state index contributed by atoms with van der Waals surface area (Å²) in [6.45, 7) is 5.93. The van der Waals surface area contributed by atoms with E-state index in [1.807, 2.05) is 20.8 Å². The Morgan fingerprint density at radius 3 is 2.50 bits per heavy atom. The lowest BCUT2D eigenvalue weighted by atomic mass is 10.1. The number of rotatable bonds is 1. The van der Waals surface area contributed by atoms with Gasteiger partial charge in [0.2, 0.25) is 0 Å². The third-order valence-corrected chi connectivity index (χ3v) is 1.91. The Balaban J connectivity index is 3.15. The molecule has 1 rings (SSSR count). The molecule has 0 amide bonds. The molecule has 1 aromatic rings. The van der Waals surface area contributed by atoms with Gasteiger partial charge in [-0.3, -0.25) is 0 Å². The first-order valence-corrected chi connectivity index (χ1v) is 4.29. The maximum atomic E-state index is 11.2. The fraction of sp³-hybridized carbons (Fsp3) is 0.556. The van der Waals surface area contributed by atoms with E-state index < -0.39 is 5.97 Å². The molecule has 14 heavy (non-hydrogen) atoms. The van der Waals surface area contributed by atoms with E-state index in [0.717, 1.165) is 0 Å². The van der Waals surface area contributed by atoms with Crippen LogP contribution in [0.5, 0.6) is 0 Å². The first-order valence-electron chi connectivity index (χ1n) is 4.29. The number of nitrogens with two attached hydrogens (primary N) is 1. The first-order chi connectivity index (χ1) is 6.38. The van der Waals surface area contributed by atoms with Gasteiger partial charge in [-0.25, -0.2) is 9.78 Å². The highest BCUT2D eigenvalue weighted by Crippen LogP contribution is 2.21. The second-order valence-electron chi connectivity index (χ2n) is 4.01. The molecule has 0 saturated heterocycles. The van der Waals surface area contributed by atoms with Gasteiger partial charge in [0.15, 0.2) is 5.69 Å². The minimum absolute atomic E-state index is 0.169. The summed E-state index contributed by atoms with van der Waals surface area (Å²) in [5.41, 5.74) is 5.74. The average molecular weight is 197 g/mol. The van der Waals surface area contributed by atoms with E-state index in [1.165, 1.54) is 7.11 Å². The molecule has 5 nitrogen and oxygen atoms in total. The summed E-state index contributed by atoms with van der Waals surface area (Å²) in [6, 6.07) is 0. The zero-order valence-electron chi connectivity index (χ0n) is 8.87. The molecule has 0 saturated carbocycles. The fourth-order valence-corrected chi connectivity index (χ4v) is 1.15. The Morgan fingerprint density at radius 2 is 2.14 bits per heavy atom. The lowest BCUT2D eigenvalue weighted by Gasteiger charge is -2.21. The number of hydrogen-bond donors (Lipinski definition) is 1. The molecule has 2 N–H and O–H groups in total. The van der Waals surface area contributed by atoms with Crippen LogP contribution < -0.4 is 5.73 Å². The minimum Gasteiger partial charge on any atom is -0.464 e. The highest BCUT2D eigenvalue weighted by molar-refractivity contribution is 5.92. The van der Waals surface area contributed by atoms with Crippen molar-refractivity contribution >= 4 is 11.8 Å². The highest BCUT2D eigenvalue weighted by Gasteiger charge is 2.22. The van der Waals surface area contributed by atoms with Crippen LogP contribution in [0.15, 0.2) is 6.33 Å². The van der Waals surface area contributed by atoms with Crippen molar-refractivity contribution in [3.63, 3.8) is 0 Å². The summed E-state index contributed by atoms with van der Waals surface area (Å²) in [5, 5.41) is 0. The van der Waals surface area contributed by atoms with Crippen molar-refractivity contribution in [1.82, 2.24) is 9.55 Å². The number of methoxy groups -OCH3 is 1. The lowest BCUT2D eigenvalue weighted by molar-refractivity contribution is 0.0596. The van der Waals surface area contributed by atoms with Crippen LogP contribution in [0.25, 0.3) is 0 Å². The van der Waals surface area contributed by atoms with Crippen LogP contribution in [0.1, 0.15) is 31.3 Å². The Morgan fingerprint density at radius 1 is 1.57 bits per heavy atom. The first kappa shape index (κ1) is 10.6. The Hall–Kier alpha value is -1.52. The van der Waals surface area contributed by atoms with Crippen LogP contribution in [-0.4, -0.2) is 22.6 Å². The summed E-state index contributed by atoms with van der Waals surface area (Å²) in [6.07, 6.45) is 1.54. The van der Waals surface area contributed by atoms with Gasteiger partial charge in [0.25, 0.3) is 0 Å². The van der Waals surface area contributed by atoms with Gasteiger partial charge in [-0.05, 0) is 20.8 Å². The zero-order valence-corrected chi connectivity index (χ0v) is 8.87. The largest absolute Gasteiger partial charge is 0.464 e. The van der Waals surface area contributed by atoms with Crippen molar-refractivity contribution in [3.05, 3.63) is 12.0 Å². The maximum absolute atomic E-state index is 11.2. The minimum atomic E-state index is -0.509. The number of ether oxygens (including phenoxy) is 1. The summed E-state index contributed by atoms with van der Waals surface area (Å²) < 4.78 is 6.28. The van der Waals surface area contributed by atoms with Crippen LogP contribution in [0.4, 0.5) is 5.82 Å². The fourth-order valence-electron chi connectivity index (χ4n) is 1.15. The smallest absolute Gasteiger partial charge is 0.360 e. The van der Waals surface area contributed by atoms with Crippen molar-refractivity contribution in [2.75, 3.05) is 12.8 Å². The number of nitrogens with zero attached hydrogens (tertiary/aromatic N) is 2. The summed E-state index contributed by atoms with van der Waals surface area (Å²) in [5.74, 6) is -0.171. The molecule has 78 valence electrons. The standard InChI is InChI=1S/C9H15N3O2/c1-9(2,3)12-5-11-6(7(12)10)8(13)14-4/h5H,10H2,1-4H3. The van der Waals surface area contributed by atoms with E-state index >= 15 is 0 Å². The van der Waals surface area contributed by atoms with Crippen molar-refractivity contribution in [3.8, 4) is 0 Å². The molecular formula is C9H15N3O2. The molecule has 1 heterocycles. The molecule has 0 aliphatic carbocycles. The van der Waals surface area contributed by atoms with Crippen LogP contribution in [0, 0.1) is 0 Å². The van der Waals surface area contributed by atoms with Crippen LogP contribution in [0.3, 0.4) is 0 Å². The SMILES string of the molecule is COC(=O)c1ncn(C(C)(C)C)c1N. The normalized spacial score (nSPS) is 11.4. The van der Waals surface area contributed by atoms with Crippen molar-refractivity contribution in [2.45, 2.75) is 26.3 Å². The second-order valence-corrected chi connectivity index (χ2v) is 4.01. The van der Waals surface area contributed by atoms with Crippen LogP contribution >= 0.6 is 0 Å². The molecule has 0 aromatic carbocycles. The molecule has 5 heteroatoms. The Labute approximate surface area is 82.9 Å². The zero-order chi connectivity index (χ0) is 10.9. The number of anilines is 1. The summed E-state index contributed by atoms with van der Waals surface area (Å²) in [7, 11) is 1.30.